The van der Waals surface area contributed by atoms with Crippen molar-refractivity contribution in [2.75, 3.05) is 6.54 Å². The fourth-order valence-electron chi connectivity index (χ4n) is 1.94. The van der Waals surface area contributed by atoms with Crippen LogP contribution in [0.25, 0.3) is 0 Å². The Morgan fingerprint density at radius 1 is 1.16 bits per heavy atom. The van der Waals surface area contributed by atoms with Gasteiger partial charge in [0.2, 0.25) is 5.91 Å². The first kappa shape index (κ1) is 23.2. The third-order valence-electron chi connectivity index (χ3n) is 3.68. The van der Waals surface area contributed by atoms with Crippen LogP contribution < -0.4 is 5.32 Å². The number of amides is 1. The van der Waals surface area contributed by atoms with E-state index in [4.69, 9.17) is 0 Å². The van der Waals surface area contributed by atoms with Crippen molar-refractivity contribution in [3.05, 3.63) is 36.5 Å². The van der Waals surface area contributed by atoms with Crippen molar-refractivity contribution in [3.63, 3.8) is 0 Å². The topological polar surface area (TPSA) is 69.6 Å². The van der Waals surface area contributed by atoms with Gasteiger partial charge in [-0.2, -0.15) is 0 Å². The summed E-state index contributed by atoms with van der Waals surface area (Å²) in [7, 11) is 0. The molecule has 3 N–H and O–H groups in total. The van der Waals surface area contributed by atoms with Crippen molar-refractivity contribution >= 4 is 5.91 Å². The molecule has 0 aromatic rings. The van der Waals surface area contributed by atoms with Gasteiger partial charge in [-0.15, -0.1) is 11.8 Å². The van der Waals surface area contributed by atoms with Crippen LogP contribution in [-0.4, -0.2) is 34.9 Å². The van der Waals surface area contributed by atoms with E-state index in [0.29, 0.717) is 25.8 Å². The van der Waals surface area contributed by atoms with Gasteiger partial charge in [-0.1, -0.05) is 56.7 Å². The molecule has 0 bridgehead atoms. The van der Waals surface area contributed by atoms with E-state index in [1.54, 1.807) is 43.4 Å². The van der Waals surface area contributed by atoms with Crippen LogP contribution >= 0.6 is 0 Å². The second kappa shape index (κ2) is 15.7. The predicted octanol–water partition coefficient (Wildman–Crippen LogP) is 3.12. The van der Waals surface area contributed by atoms with Crippen molar-refractivity contribution in [2.24, 2.45) is 5.92 Å². The molecule has 0 aliphatic carbocycles. The van der Waals surface area contributed by atoms with Crippen LogP contribution in [0.3, 0.4) is 0 Å². The fourth-order valence-corrected chi connectivity index (χ4v) is 1.94. The first-order valence-electron chi connectivity index (χ1n) is 9.05. The minimum Gasteiger partial charge on any atom is -0.389 e. The van der Waals surface area contributed by atoms with Crippen LogP contribution in [0.2, 0.25) is 0 Å². The molecule has 0 heterocycles. The van der Waals surface area contributed by atoms with Gasteiger partial charge in [0.25, 0.3) is 0 Å². The van der Waals surface area contributed by atoms with Crippen LogP contribution in [0.15, 0.2) is 36.5 Å². The van der Waals surface area contributed by atoms with Crippen LogP contribution in [0.5, 0.6) is 0 Å². The molecule has 1 amide bonds. The Morgan fingerprint density at radius 2 is 1.84 bits per heavy atom. The summed E-state index contributed by atoms with van der Waals surface area (Å²) in [5, 5.41) is 22.5. The molecule has 3 atom stereocenters. The molecule has 4 heteroatoms. The number of unbranched alkanes of at least 4 members (excludes halogenated alkanes) is 1. The van der Waals surface area contributed by atoms with E-state index in [2.05, 4.69) is 24.1 Å². The zero-order chi connectivity index (χ0) is 18.9. The van der Waals surface area contributed by atoms with E-state index in [0.717, 1.165) is 12.8 Å². The minimum atomic E-state index is -0.635. The average molecular weight is 347 g/mol. The molecule has 3 unspecified atom stereocenters. The van der Waals surface area contributed by atoms with Crippen molar-refractivity contribution in [1.29, 1.82) is 0 Å². The van der Waals surface area contributed by atoms with Gasteiger partial charge in [-0.05, 0) is 25.7 Å². The molecule has 4 nitrogen and oxygen atoms in total. The quantitative estimate of drug-likeness (QED) is 0.289. The van der Waals surface area contributed by atoms with Gasteiger partial charge in [0.1, 0.15) is 0 Å². The molecule has 140 valence electrons. The Hall–Kier alpha value is -1.83. The molecule has 0 aromatic carbocycles. The number of nitrogens with one attached hydrogen (secondary N) is 1. The lowest BCUT2D eigenvalue weighted by atomic mass is 10.0. The first-order valence-corrected chi connectivity index (χ1v) is 9.05. The molecule has 0 aromatic heterocycles. The smallest absolute Gasteiger partial charge is 0.220 e. The van der Waals surface area contributed by atoms with Gasteiger partial charge in [0, 0.05) is 19.4 Å². The predicted molar refractivity (Wildman–Crippen MR) is 104 cm³/mol. The molecule has 0 saturated heterocycles. The zero-order valence-electron chi connectivity index (χ0n) is 15.7. The summed E-state index contributed by atoms with van der Waals surface area (Å²) < 4.78 is 0. The number of allylic oxidation sites excluding steroid dienone is 4. The lowest BCUT2D eigenvalue weighted by Gasteiger charge is -2.11. The summed E-state index contributed by atoms with van der Waals surface area (Å²) in [6.45, 7) is 6.52. The third kappa shape index (κ3) is 14.2. The number of carbonyl (C=O) groups is 1. The average Bonchev–Trinajstić information content (AvgIpc) is 2.60. The molecular formula is C21H33NO3. The number of hydrogen-bond donors (Lipinski definition) is 3. The largest absolute Gasteiger partial charge is 0.389 e. The van der Waals surface area contributed by atoms with Gasteiger partial charge in [-0.3, -0.25) is 4.79 Å². The molecule has 0 fully saturated rings. The van der Waals surface area contributed by atoms with Gasteiger partial charge >= 0.3 is 0 Å². The molecule has 0 saturated carbocycles. The van der Waals surface area contributed by atoms with E-state index in [1.165, 1.54) is 0 Å². The Balaban J connectivity index is 4.00. The summed E-state index contributed by atoms with van der Waals surface area (Å²) in [4.78, 5) is 11.5. The second-order valence-corrected chi connectivity index (χ2v) is 6.06. The number of carbonyl (C=O) groups excluding carboxylic acids is 1. The van der Waals surface area contributed by atoms with E-state index in [9.17, 15) is 15.0 Å². The molecule has 0 radical (unpaired) electrons. The van der Waals surface area contributed by atoms with Crippen molar-refractivity contribution in [1.82, 2.24) is 5.32 Å². The molecule has 0 rings (SSSR count). The molecule has 25 heavy (non-hydrogen) atoms. The van der Waals surface area contributed by atoms with Crippen LogP contribution in [0.4, 0.5) is 0 Å². The summed E-state index contributed by atoms with van der Waals surface area (Å²) in [6.07, 6.45) is 12.7. The van der Waals surface area contributed by atoms with Crippen molar-refractivity contribution < 1.29 is 15.0 Å². The Bertz CT molecular complexity index is 497. The van der Waals surface area contributed by atoms with Gasteiger partial charge in [0.05, 0.1) is 12.2 Å². The van der Waals surface area contributed by atoms with Crippen molar-refractivity contribution in [3.8, 4) is 11.8 Å². The van der Waals surface area contributed by atoms with E-state index in [1.807, 2.05) is 6.92 Å². The Morgan fingerprint density at radius 3 is 2.48 bits per heavy atom. The molecular weight excluding hydrogens is 314 g/mol. The monoisotopic (exact) mass is 347 g/mol. The lowest BCUT2D eigenvalue weighted by Crippen LogP contribution is -2.25. The van der Waals surface area contributed by atoms with Crippen LogP contribution in [0.1, 0.15) is 52.9 Å². The summed E-state index contributed by atoms with van der Waals surface area (Å²) >= 11 is 0. The SMILES string of the molecule is CC#CCC(C)C(O)C=CC=CC=CC(O)CCC(=O)NCCCC. The fraction of sp³-hybridized carbons (Fsp3) is 0.571. The highest BCUT2D eigenvalue weighted by Gasteiger charge is 2.08. The van der Waals surface area contributed by atoms with E-state index in [-0.39, 0.29) is 11.8 Å². The minimum absolute atomic E-state index is 0.0183. The highest BCUT2D eigenvalue weighted by Crippen LogP contribution is 2.08. The molecule has 0 aliphatic rings. The standard InChI is InChI=1S/C21H33NO3/c1-4-6-12-18(3)20(24)14-11-9-8-10-13-19(23)15-16-21(25)22-17-7-5-2/h8-11,13-14,18-20,23-24H,5,7,12,15-17H2,1-3H3,(H,22,25). The Labute approximate surface area is 152 Å². The highest BCUT2D eigenvalue weighted by molar-refractivity contribution is 5.75. The lowest BCUT2D eigenvalue weighted by molar-refractivity contribution is -0.121. The number of rotatable bonds is 12. The molecule has 0 aliphatic heterocycles. The van der Waals surface area contributed by atoms with E-state index >= 15 is 0 Å². The number of hydrogen-bond acceptors (Lipinski definition) is 3. The maximum absolute atomic E-state index is 11.5. The second-order valence-electron chi connectivity index (χ2n) is 6.06. The van der Waals surface area contributed by atoms with Crippen LogP contribution in [-0.2, 0) is 4.79 Å². The summed E-state index contributed by atoms with van der Waals surface area (Å²) in [6, 6.07) is 0. The number of aliphatic hydroxyl groups is 2. The zero-order valence-corrected chi connectivity index (χ0v) is 15.7. The summed E-state index contributed by atoms with van der Waals surface area (Å²) in [5.74, 6) is 5.85. The van der Waals surface area contributed by atoms with Gasteiger partial charge in [-0.25, -0.2) is 0 Å². The van der Waals surface area contributed by atoms with E-state index < -0.39 is 12.2 Å². The number of aliphatic hydroxyl groups excluding tert-OH is 2. The maximum Gasteiger partial charge on any atom is 0.220 e. The maximum atomic E-state index is 11.5. The third-order valence-corrected chi connectivity index (χ3v) is 3.68. The normalized spacial score (nSPS) is 15.2. The van der Waals surface area contributed by atoms with Crippen LogP contribution in [0, 0.1) is 17.8 Å². The van der Waals surface area contributed by atoms with Crippen molar-refractivity contribution in [2.45, 2.75) is 65.1 Å². The van der Waals surface area contributed by atoms with Gasteiger partial charge < -0.3 is 15.5 Å². The summed E-state index contributed by atoms with van der Waals surface area (Å²) in [5.41, 5.74) is 0. The van der Waals surface area contributed by atoms with Gasteiger partial charge in [0.15, 0.2) is 0 Å². The first-order chi connectivity index (χ1) is 12.0. The molecule has 0 spiro atoms. The Kier molecular flexibility index (Phi) is 14.5. The highest BCUT2D eigenvalue weighted by atomic mass is 16.3.